The predicted molar refractivity (Wildman–Crippen MR) is 83.4 cm³/mol. The molecule has 4 heteroatoms. The topological polar surface area (TPSA) is 20.3 Å². The van der Waals surface area contributed by atoms with Gasteiger partial charge in [0.15, 0.2) is 0 Å². The molecule has 0 aliphatic rings. The molecule has 0 saturated heterocycles. The van der Waals surface area contributed by atoms with Crippen molar-refractivity contribution in [1.82, 2.24) is 4.90 Å². The van der Waals surface area contributed by atoms with E-state index in [1.165, 1.54) is 0 Å². The Kier molecular flexibility index (Phi) is 6.22. The summed E-state index contributed by atoms with van der Waals surface area (Å²) in [6, 6.07) is 6.07. The first-order chi connectivity index (χ1) is 8.51. The first kappa shape index (κ1) is 15.6. The lowest BCUT2D eigenvalue weighted by Gasteiger charge is -2.27. The van der Waals surface area contributed by atoms with Crippen LogP contribution in [0.5, 0.6) is 0 Å². The van der Waals surface area contributed by atoms with Gasteiger partial charge in [-0.05, 0) is 37.3 Å². The number of hydrogen-bond donors (Lipinski definition) is 0. The Bertz CT molecular complexity index is 422. The molecule has 0 radical (unpaired) electrons. The first-order valence-corrected chi connectivity index (χ1v) is 8.22. The number of hydrogen-bond acceptors (Lipinski definition) is 2. The summed E-state index contributed by atoms with van der Waals surface area (Å²) in [6.07, 6.45) is 3.06. The average Bonchev–Trinajstić information content (AvgIpc) is 2.37. The zero-order valence-electron chi connectivity index (χ0n) is 11.4. The lowest BCUT2D eigenvalue weighted by Crippen LogP contribution is -2.38. The fraction of sp³-hybridized carbons (Fsp3) is 0.500. The van der Waals surface area contributed by atoms with E-state index >= 15 is 0 Å². The minimum atomic E-state index is 0.0941. The maximum Gasteiger partial charge on any atom is 0.253 e. The molecule has 1 amide bonds. The monoisotopic (exact) mass is 329 g/mol. The predicted octanol–water partition coefficient (Wildman–Crippen LogP) is 3.97. The van der Waals surface area contributed by atoms with Gasteiger partial charge in [0, 0.05) is 28.9 Å². The largest absolute Gasteiger partial charge is 0.338 e. The molecule has 0 aliphatic heterocycles. The number of thioether (sulfide) groups is 1. The summed E-state index contributed by atoms with van der Waals surface area (Å²) in [5.74, 6) is 1.07. The number of benzene rings is 1. The van der Waals surface area contributed by atoms with E-state index in [-0.39, 0.29) is 5.91 Å². The minimum Gasteiger partial charge on any atom is -0.338 e. The van der Waals surface area contributed by atoms with Crippen molar-refractivity contribution in [2.45, 2.75) is 26.3 Å². The van der Waals surface area contributed by atoms with Gasteiger partial charge in [0.1, 0.15) is 0 Å². The van der Waals surface area contributed by atoms with Gasteiger partial charge in [-0.15, -0.1) is 0 Å². The van der Waals surface area contributed by atoms with Gasteiger partial charge < -0.3 is 4.90 Å². The van der Waals surface area contributed by atoms with Crippen LogP contribution in [0.4, 0.5) is 0 Å². The molecule has 0 N–H and O–H groups in total. The number of amides is 1. The number of halogens is 1. The van der Waals surface area contributed by atoms with E-state index in [9.17, 15) is 4.79 Å². The van der Waals surface area contributed by atoms with Crippen LogP contribution in [0.15, 0.2) is 22.7 Å². The summed E-state index contributed by atoms with van der Waals surface area (Å²) in [7, 11) is 1.89. The van der Waals surface area contributed by atoms with Crippen molar-refractivity contribution >= 4 is 33.6 Å². The van der Waals surface area contributed by atoms with Gasteiger partial charge >= 0.3 is 0 Å². The molecule has 0 aromatic heterocycles. The summed E-state index contributed by atoms with van der Waals surface area (Å²) in [6.45, 7) is 4.14. The molecule has 1 aromatic carbocycles. The van der Waals surface area contributed by atoms with Crippen molar-refractivity contribution in [3.63, 3.8) is 0 Å². The van der Waals surface area contributed by atoms with Crippen LogP contribution in [0.1, 0.15) is 29.3 Å². The van der Waals surface area contributed by atoms with Gasteiger partial charge in [-0.1, -0.05) is 28.9 Å². The van der Waals surface area contributed by atoms with E-state index < -0.39 is 0 Å². The Hall–Kier alpha value is -0.480. The molecule has 0 heterocycles. The molecule has 18 heavy (non-hydrogen) atoms. The zero-order valence-corrected chi connectivity index (χ0v) is 13.8. The van der Waals surface area contributed by atoms with Gasteiger partial charge in [0.2, 0.25) is 0 Å². The number of nitrogens with zero attached hydrogens (tertiary/aromatic N) is 1. The second-order valence-corrected chi connectivity index (χ2v) is 6.16. The van der Waals surface area contributed by atoms with Crippen LogP contribution in [-0.4, -0.2) is 35.9 Å². The number of aryl methyl sites for hydroxylation is 1. The molecule has 0 saturated carbocycles. The fourth-order valence-corrected chi connectivity index (χ4v) is 3.01. The van der Waals surface area contributed by atoms with Crippen molar-refractivity contribution in [2.75, 3.05) is 19.1 Å². The summed E-state index contributed by atoms with van der Waals surface area (Å²) in [5, 5.41) is 0. The third-order valence-electron chi connectivity index (χ3n) is 3.12. The van der Waals surface area contributed by atoms with Crippen molar-refractivity contribution < 1.29 is 4.79 Å². The second-order valence-electron chi connectivity index (χ2n) is 4.40. The molecule has 1 rings (SSSR count). The molecule has 2 nitrogen and oxygen atoms in total. The maximum atomic E-state index is 12.4. The van der Waals surface area contributed by atoms with E-state index in [0.29, 0.717) is 6.04 Å². The van der Waals surface area contributed by atoms with E-state index in [2.05, 4.69) is 29.1 Å². The van der Waals surface area contributed by atoms with E-state index in [1.54, 1.807) is 11.8 Å². The van der Waals surface area contributed by atoms with Crippen LogP contribution in [-0.2, 0) is 0 Å². The maximum absolute atomic E-state index is 12.4. The van der Waals surface area contributed by atoms with Gasteiger partial charge in [-0.3, -0.25) is 4.79 Å². The Labute approximate surface area is 122 Å². The highest BCUT2D eigenvalue weighted by molar-refractivity contribution is 9.10. The molecule has 1 unspecified atom stereocenters. The van der Waals surface area contributed by atoms with Crippen molar-refractivity contribution in [1.29, 1.82) is 0 Å². The lowest BCUT2D eigenvalue weighted by atomic mass is 10.1. The summed E-state index contributed by atoms with van der Waals surface area (Å²) in [5.41, 5.74) is 1.89. The summed E-state index contributed by atoms with van der Waals surface area (Å²) < 4.78 is 0.986. The van der Waals surface area contributed by atoms with Crippen molar-refractivity contribution in [3.05, 3.63) is 33.8 Å². The fourth-order valence-electron chi connectivity index (χ4n) is 1.79. The van der Waals surface area contributed by atoms with Crippen LogP contribution in [0, 0.1) is 6.92 Å². The zero-order chi connectivity index (χ0) is 13.7. The molecule has 0 spiro atoms. The van der Waals surface area contributed by atoms with Crippen LogP contribution in [0.2, 0.25) is 0 Å². The molecule has 0 bridgehead atoms. The third-order valence-corrected chi connectivity index (χ3v) is 4.69. The van der Waals surface area contributed by atoms with Crippen LogP contribution in [0.25, 0.3) is 0 Å². The highest BCUT2D eigenvalue weighted by atomic mass is 79.9. The van der Waals surface area contributed by atoms with Crippen molar-refractivity contribution in [2.24, 2.45) is 0 Å². The van der Waals surface area contributed by atoms with Gasteiger partial charge in [0.25, 0.3) is 5.91 Å². The highest BCUT2D eigenvalue weighted by Crippen LogP contribution is 2.19. The van der Waals surface area contributed by atoms with E-state index in [1.807, 2.05) is 37.1 Å². The molecule has 0 aliphatic carbocycles. The molecule has 100 valence electrons. The Balaban J connectivity index is 2.88. The standard InChI is InChI=1S/C14H20BrNOS/c1-5-12(9-18-4)16(3)14(17)11-7-6-10(2)13(15)8-11/h6-8,12H,5,9H2,1-4H3. The summed E-state index contributed by atoms with van der Waals surface area (Å²) >= 11 is 5.25. The van der Waals surface area contributed by atoms with E-state index in [4.69, 9.17) is 0 Å². The van der Waals surface area contributed by atoms with Gasteiger partial charge in [0.05, 0.1) is 0 Å². The number of carbonyl (C=O) groups is 1. The third kappa shape index (κ3) is 3.75. The molecule has 1 aromatic rings. The van der Waals surface area contributed by atoms with E-state index in [0.717, 1.165) is 27.8 Å². The first-order valence-electron chi connectivity index (χ1n) is 6.03. The van der Waals surface area contributed by atoms with Crippen LogP contribution in [0.3, 0.4) is 0 Å². The molecular weight excluding hydrogens is 310 g/mol. The lowest BCUT2D eigenvalue weighted by molar-refractivity contribution is 0.0743. The van der Waals surface area contributed by atoms with Crippen LogP contribution >= 0.6 is 27.7 Å². The van der Waals surface area contributed by atoms with Crippen LogP contribution < -0.4 is 0 Å². The Morgan fingerprint density at radius 3 is 2.67 bits per heavy atom. The van der Waals surface area contributed by atoms with Crippen molar-refractivity contribution in [3.8, 4) is 0 Å². The Morgan fingerprint density at radius 1 is 1.50 bits per heavy atom. The Morgan fingerprint density at radius 2 is 2.17 bits per heavy atom. The SMILES string of the molecule is CCC(CSC)N(C)C(=O)c1ccc(C)c(Br)c1. The molecule has 0 fully saturated rings. The normalized spacial score (nSPS) is 12.3. The average molecular weight is 330 g/mol. The smallest absolute Gasteiger partial charge is 0.253 e. The van der Waals surface area contributed by atoms with Gasteiger partial charge in [-0.25, -0.2) is 0 Å². The second kappa shape index (κ2) is 7.19. The minimum absolute atomic E-state index is 0.0941. The molecule has 1 atom stereocenters. The quantitative estimate of drug-likeness (QED) is 0.814. The molecular formula is C14H20BrNOS. The summed E-state index contributed by atoms with van der Waals surface area (Å²) in [4.78, 5) is 14.2. The number of rotatable bonds is 5. The van der Waals surface area contributed by atoms with Gasteiger partial charge in [-0.2, -0.15) is 11.8 Å². The highest BCUT2D eigenvalue weighted by Gasteiger charge is 2.19. The number of carbonyl (C=O) groups excluding carboxylic acids is 1.